The molecule has 0 heterocycles. The standard InChI is InChI=1S/C14H14.C12H11N/c1-11-3-7-13(8-4-11)14-9-5-12(2)6-10-14;1-3-7-11(8-4-1)13-12-9-5-2-6-10-12/h3-10H,1-2H3;1-10,13H. The van der Waals surface area contributed by atoms with E-state index in [0.717, 1.165) is 11.4 Å². The Morgan fingerprint density at radius 1 is 0.407 bits per heavy atom. The second-order valence-electron chi connectivity index (χ2n) is 6.59. The summed E-state index contributed by atoms with van der Waals surface area (Å²) in [6, 6.07) is 37.5. The smallest absolute Gasteiger partial charge is 0.0384 e. The molecule has 0 unspecified atom stereocenters. The average molecular weight is 351 g/mol. The molecule has 0 atom stereocenters. The number of aryl methyl sites for hydroxylation is 2. The van der Waals surface area contributed by atoms with Crippen molar-refractivity contribution in [3.8, 4) is 11.1 Å². The highest BCUT2D eigenvalue weighted by molar-refractivity contribution is 5.63. The van der Waals surface area contributed by atoms with Gasteiger partial charge in [0.2, 0.25) is 0 Å². The molecule has 0 radical (unpaired) electrons. The average Bonchev–Trinajstić information content (AvgIpc) is 2.71. The van der Waals surface area contributed by atoms with E-state index in [4.69, 9.17) is 0 Å². The van der Waals surface area contributed by atoms with Crippen LogP contribution in [0.25, 0.3) is 11.1 Å². The first-order chi connectivity index (χ1) is 13.2. The van der Waals surface area contributed by atoms with Gasteiger partial charge in [-0.3, -0.25) is 0 Å². The lowest BCUT2D eigenvalue weighted by Crippen LogP contribution is -1.87. The van der Waals surface area contributed by atoms with Gasteiger partial charge in [-0.15, -0.1) is 0 Å². The van der Waals surface area contributed by atoms with Crippen LogP contribution >= 0.6 is 0 Å². The molecule has 134 valence electrons. The number of hydrogen-bond acceptors (Lipinski definition) is 1. The fourth-order valence-corrected chi connectivity index (χ4v) is 2.70. The van der Waals surface area contributed by atoms with Crippen molar-refractivity contribution >= 4 is 11.4 Å². The molecule has 0 amide bonds. The molecule has 0 bridgehead atoms. The first-order valence-corrected chi connectivity index (χ1v) is 9.21. The van der Waals surface area contributed by atoms with Crippen molar-refractivity contribution in [3.63, 3.8) is 0 Å². The van der Waals surface area contributed by atoms with E-state index in [-0.39, 0.29) is 0 Å². The number of benzene rings is 4. The molecule has 4 aromatic rings. The SMILES string of the molecule is Cc1ccc(-c2ccc(C)cc2)cc1.c1ccc(Nc2ccccc2)cc1. The van der Waals surface area contributed by atoms with Gasteiger partial charge in [0.05, 0.1) is 0 Å². The van der Waals surface area contributed by atoms with Crippen LogP contribution in [0.15, 0.2) is 109 Å². The van der Waals surface area contributed by atoms with Gasteiger partial charge in [-0.1, -0.05) is 96.1 Å². The summed E-state index contributed by atoms with van der Waals surface area (Å²) in [6.45, 7) is 4.22. The Balaban J connectivity index is 0.000000156. The topological polar surface area (TPSA) is 12.0 Å². The van der Waals surface area contributed by atoms with Crippen molar-refractivity contribution in [1.29, 1.82) is 0 Å². The number of nitrogens with one attached hydrogen (secondary N) is 1. The fraction of sp³-hybridized carbons (Fsp3) is 0.0769. The highest BCUT2D eigenvalue weighted by Crippen LogP contribution is 2.19. The van der Waals surface area contributed by atoms with E-state index in [1.807, 2.05) is 60.7 Å². The molecule has 27 heavy (non-hydrogen) atoms. The van der Waals surface area contributed by atoms with Crippen molar-refractivity contribution in [3.05, 3.63) is 120 Å². The van der Waals surface area contributed by atoms with Gasteiger partial charge in [-0.2, -0.15) is 0 Å². The molecule has 1 nitrogen and oxygen atoms in total. The van der Waals surface area contributed by atoms with E-state index < -0.39 is 0 Å². The maximum Gasteiger partial charge on any atom is 0.0384 e. The maximum absolute atomic E-state index is 3.30. The summed E-state index contributed by atoms with van der Waals surface area (Å²) in [5, 5.41) is 3.30. The van der Waals surface area contributed by atoms with Crippen molar-refractivity contribution in [2.24, 2.45) is 0 Å². The molecule has 0 saturated carbocycles. The highest BCUT2D eigenvalue weighted by atomic mass is 14.9. The minimum Gasteiger partial charge on any atom is -0.356 e. The Kier molecular flexibility index (Phi) is 6.43. The molecule has 0 saturated heterocycles. The van der Waals surface area contributed by atoms with Crippen molar-refractivity contribution < 1.29 is 0 Å². The van der Waals surface area contributed by atoms with Gasteiger partial charge in [0, 0.05) is 11.4 Å². The minimum atomic E-state index is 1.12. The molecule has 0 spiro atoms. The van der Waals surface area contributed by atoms with Crippen LogP contribution in [0.3, 0.4) is 0 Å². The summed E-state index contributed by atoms with van der Waals surface area (Å²) in [4.78, 5) is 0. The summed E-state index contributed by atoms with van der Waals surface area (Å²) in [6.07, 6.45) is 0. The molecule has 0 aliphatic heterocycles. The van der Waals surface area contributed by atoms with Crippen LogP contribution in [0.2, 0.25) is 0 Å². The van der Waals surface area contributed by atoms with Crippen LogP contribution in [0.1, 0.15) is 11.1 Å². The second kappa shape index (κ2) is 9.40. The third kappa shape index (κ3) is 5.86. The molecular weight excluding hydrogens is 326 g/mol. The van der Waals surface area contributed by atoms with Gasteiger partial charge >= 0.3 is 0 Å². The summed E-state index contributed by atoms with van der Waals surface area (Å²) in [5.74, 6) is 0. The third-order valence-corrected chi connectivity index (χ3v) is 4.27. The Bertz CT molecular complexity index is 844. The first-order valence-electron chi connectivity index (χ1n) is 9.21. The van der Waals surface area contributed by atoms with E-state index >= 15 is 0 Å². The van der Waals surface area contributed by atoms with Crippen molar-refractivity contribution in [1.82, 2.24) is 0 Å². The van der Waals surface area contributed by atoms with E-state index in [9.17, 15) is 0 Å². The molecule has 0 aliphatic rings. The van der Waals surface area contributed by atoms with Crippen LogP contribution in [0.5, 0.6) is 0 Å². The summed E-state index contributed by atoms with van der Waals surface area (Å²) >= 11 is 0. The number of anilines is 2. The molecule has 4 rings (SSSR count). The van der Waals surface area contributed by atoms with Gasteiger partial charge in [0.15, 0.2) is 0 Å². The third-order valence-electron chi connectivity index (χ3n) is 4.27. The Labute approximate surface area is 162 Å². The second-order valence-corrected chi connectivity index (χ2v) is 6.59. The van der Waals surface area contributed by atoms with Crippen molar-refractivity contribution in [2.75, 3.05) is 5.32 Å². The molecule has 1 N–H and O–H groups in total. The van der Waals surface area contributed by atoms with Gasteiger partial charge in [-0.05, 0) is 49.2 Å². The van der Waals surface area contributed by atoms with Crippen LogP contribution in [-0.2, 0) is 0 Å². The molecular formula is C26H25N. The van der Waals surface area contributed by atoms with Crippen LogP contribution in [0, 0.1) is 13.8 Å². The zero-order valence-electron chi connectivity index (χ0n) is 15.9. The van der Waals surface area contributed by atoms with Gasteiger partial charge < -0.3 is 5.32 Å². The summed E-state index contributed by atoms with van der Waals surface area (Å²) < 4.78 is 0. The number of rotatable bonds is 3. The lowest BCUT2D eigenvalue weighted by atomic mass is 10.0. The maximum atomic E-state index is 3.30. The molecule has 1 heteroatoms. The Hall–Kier alpha value is -3.32. The zero-order valence-corrected chi connectivity index (χ0v) is 15.9. The van der Waals surface area contributed by atoms with Crippen LogP contribution in [-0.4, -0.2) is 0 Å². The molecule has 0 fully saturated rings. The quantitative estimate of drug-likeness (QED) is 0.405. The van der Waals surface area contributed by atoms with E-state index in [1.54, 1.807) is 0 Å². The largest absolute Gasteiger partial charge is 0.356 e. The molecule has 0 aliphatic carbocycles. The number of para-hydroxylation sites is 2. The summed E-state index contributed by atoms with van der Waals surface area (Å²) in [5.41, 5.74) is 7.43. The summed E-state index contributed by atoms with van der Waals surface area (Å²) in [7, 11) is 0. The van der Waals surface area contributed by atoms with E-state index in [2.05, 4.69) is 67.7 Å². The van der Waals surface area contributed by atoms with Gasteiger partial charge in [0.25, 0.3) is 0 Å². The predicted molar refractivity (Wildman–Crippen MR) is 118 cm³/mol. The van der Waals surface area contributed by atoms with E-state index in [0.29, 0.717) is 0 Å². The van der Waals surface area contributed by atoms with Gasteiger partial charge in [0.1, 0.15) is 0 Å². The highest BCUT2D eigenvalue weighted by Gasteiger charge is 1.95. The fourth-order valence-electron chi connectivity index (χ4n) is 2.70. The van der Waals surface area contributed by atoms with Crippen molar-refractivity contribution in [2.45, 2.75) is 13.8 Å². The Morgan fingerprint density at radius 2 is 0.741 bits per heavy atom. The predicted octanol–water partition coefficient (Wildman–Crippen LogP) is 7.40. The van der Waals surface area contributed by atoms with Gasteiger partial charge in [-0.25, -0.2) is 0 Å². The van der Waals surface area contributed by atoms with Crippen LogP contribution in [0.4, 0.5) is 11.4 Å². The zero-order chi connectivity index (χ0) is 18.9. The van der Waals surface area contributed by atoms with E-state index in [1.165, 1.54) is 22.3 Å². The minimum absolute atomic E-state index is 1.12. The lowest BCUT2D eigenvalue weighted by Gasteiger charge is -2.04. The Morgan fingerprint density at radius 3 is 1.07 bits per heavy atom. The lowest BCUT2D eigenvalue weighted by molar-refractivity contribution is 1.45. The van der Waals surface area contributed by atoms with Crippen LogP contribution < -0.4 is 5.32 Å². The monoisotopic (exact) mass is 351 g/mol. The molecule has 0 aromatic heterocycles. The molecule has 4 aromatic carbocycles. The number of hydrogen-bond donors (Lipinski definition) is 1. The normalized spacial score (nSPS) is 9.85. The first kappa shape index (κ1) is 18.5.